The molecular weight excluding hydrogens is 476 g/mol. The third-order valence-electron chi connectivity index (χ3n) is 5.47. The van der Waals surface area contributed by atoms with Crippen LogP contribution in [0.1, 0.15) is 10.6 Å². The number of hydrogen-bond acceptors (Lipinski definition) is 9. The summed E-state index contributed by atoms with van der Waals surface area (Å²) in [5.74, 6) is 1.26. The first-order valence-electron chi connectivity index (χ1n) is 10.2. The molecule has 0 bridgehead atoms. The number of nitrogens with two attached hydrogens (primary N) is 1. The van der Waals surface area contributed by atoms with Crippen LogP contribution in [-0.4, -0.2) is 50.1 Å². The number of ether oxygens (including phenoxy) is 2. The lowest BCUT2D eigenvalue weighted by atomic mass is 10.0. The number of hydrogen-bond donors (Lipinski definition) is 1. The van der Waals surface area contributed by atoms with Gasteiger partial charge in [-0.1, -0.05) is 12.1 Å². The van der Waals surface area contributed by atoms with E-state index in [0.29, 0.717) is 11.4 Å². The molecule has 0 spiro atoms. The summed E-state index contributed by atoms with van der Waals surface area (Å²) >= 11 is 8.82. The predicted octanol–water partition coefficient (Wildman–Crippen LogP) is 3.71. The van der Waals surface area contributed by atoms with Gasteiger partial charge in [-0.15, -0.1) is 23.1 Å². The lowest BCUT2D eigenvalue weighted by Gasteiger charge is -2.48. The summed E-state index contributed by atoms with van der Waals surface area (Å²) in [5, 5.41) is 2.94. The van der Waals surface area contributed by atoms with Gasteiger partial charge in [0, 0.05) is 34.7 Å². The van der Waals surface area contributed by atoms with Crippen molar-refractivity contribution in [2.75, 3.05) is 12.9 Å². The number of thioether (sulfide) groups is 1. The molecule has 0 aliphatic carbocycles. The normalized spacial score (nSPS) is 19.7. The van der Waals surface area contributed by atoms with Crippen molar-refractivity contribution in [1.29, 1.82) is 0 Å². The van der Waals surface area contributed by atoms with Crippen LogP contribution in [0.3, 0.4) is 0 Å². The Balaban J connectivity index is 1.45. The Kier molecular flexibility index (Phi) is 6.15. The number of methoxy groups -OCH3 is 1. The second kappa shape index (κ2) is 9.22. The zero-order valence-corrected chi connectivity index (χ0v) is 20.1. The second-order valence-electron chi connectivity index (χ2n) is 7.46. The number of benzene rings is 1. The van der Waals surface area contributed by atoms with Gasteiger partial charge in [-0.05, 0) is 42.0 Å². The van der Waals surface area contributed by atoms with Gasteiger partial charge in [0.1, 0.15) is 34.5 Å². The van der Waals surface area contributed by atoms with Crippen molar-refractivity contribution in [1.82, 2.24) is 14.9 Å². The van der Waals surface area contributed by atoms with Gasteiger partial charge in [0.2, 0.25) is 11.0 Å². The molecule has 33 heavy (non-hydrogen) atoms. The zero-order valence-electron chi connectivity index (χ0n) is 17.6. The molecule has 0 radical (unpaired) electrons. The first-order chi connectivity index (χ1) is 16.1. The van der Waals surface area contributed by atoms with E-state index in [1.165, 1.54) is 11.3 Å². The Morgan fingerprint density at radius 2 is 2.00 bits per heavy atom. The quantitative estimate of drug-likeness (QED) is 0.408. The molecule has 1 saturated heterocycles. The van der Waals surface area contributed by atoms with Crippen molar-refractivity contribution in [3.05, 3.63) is 70.4 Å². The van der Waals surface area contributed by atoms with E-state index in [1.807, 2.05) is 41.8 Å². The number of thiocarbonyl (C=S) groups is 1. The lowest BCUT2D eigenvalue weighted by molar-refractivity contribution is -0.140. The number of amides is 1. The summed E-state index contributed by atoms with van der Waals surface area (Å²) in [7, 11) is 1.62. The van der Waals surface area contributed by atoms with Gasteiger partial charge in [-0.25, -0.2) is 4.98 Å². The standard InChI is InChI=1S/C23H20N4O3S3/c1-29-15-4-2-13(3-5-15)10-30-23(31)19-16(11-33-22-18(24)21(28)27(19)22)20-26-17(12-32-20)14-6-8-25-9-7-14/h2-9,12,18,22H,10-11,24H2,1H3/t18-,22-/m1/s1. The van der Waals surface area contributed by atoms with Gasteiger partial charge < -0.3 is 15.2 Å². The van der Waals surface area contributed by atoms with E-state index < -0.39 is 6.04 Å². The number of fused-ring (bicyclic) bond motifs is 1. The van der Waals surface area contributed by atoms with Crippen LogP contribution in [0.25, 0.3) is 16.8 Å². The molecule has 2 N–H and O–H groups in total. The maximum Gasteiger partial charge on any atom is 0.248 e. The summed E-state index contributed by atoms with van der Waals surface area (Å²) in [5.41, 5.74) is 10.3. The molecule has 1 fully saturated rings. The number of carbonyl (C=O) groups excluding carboxylic acids is 1. The average molecular weight is 497 g/mol. The van der Waals surface area contributed by atoms with Crippen LogP contribution >= 0.6 is 35.3 Å². The van der Waals surface area contributed by atoms with Gasteiger partial charge in [-0.2, -0.15) is 0 Å². The van der Waals surface area contributed by atoms with Crippen molar-refractivity contribution >= 4 is 51.8 Å². The Bertz CT molecular complexity index is 1230. The van der Waals surface area contributed by atoms with E-state index in [2.05, 4.69) is 4.98 Å². The number of pyridine rings is 1. The molecule has 2 aliphatic heterocycles. The van der Waals surface area contributed by atoms with Crippen LogP contribution in [0, 0.1) is 0 Å². The highest BCUT2D eigenvalue weighted by Crippen LogP contribution is 2.44. The van der Waals surface area contributed by atoms with E-state index in [-0.39, 0.29) is 22.9 Å². The number of nitrogens with zero attached hydrogens (tertiary/aromatic N) is 3. The molecule has 0 unspecified atom stereocenters. The van der Waals surface area contributed by atoms with Gasteiger partial charge in [0.25, 0.3) is 0 Å². The van der Waals surface area contributed by atoms with Crippen molar-refractivity contribution in [2.24, 2.45) is 5.73 Å². The number of thiazole rings is 1. The molecule has 3 aromatic rings. The van der Waals surface area contributed by atoms with Gasteiger partial charge in [0.15, 0.2) is 0 Å². The first kappa shape index (κ1) is 22.0. The van der Waals surface area contributed by atoms with Crippen LogP contribution < -0.4 is 10.5 Å². The van der Waals surface area contributed by atoms with E-state index in [9.17, 15) is 4.79 Å². The number of carbonyl (C=O) groups is 1. The van der Waals surface area contributed by atoms with Gasteiger partial charge in [0.05, 0.1) is 12.8 Å². The molecule has 7 nitrogen and oxygen atoms in total. The summed E-state index contributed by atoms with van der Waals surface area (Å²) in [6.07, 6.45) is 3.48. The topological polar surface area (TPSA) is 90.6 Å². The SMILES string of the molecule is COc1ccc(COC(=S)C2=C(c3nc(-c4ccncc4)cs3)CS[C@@H]3[C@H](N)C(=O)N23)cc1. The van der Waals surface area contributed by atoms with E-state index in [0.717, 1.165) is 33.2 Å². The minimum absolute atomic E-state index is 0.140. The highest BCUT2D eigenvalue weighted by atomic mass is 32.2. The highest BCUT2D eigenvalue weighted by molar-refractivity contribution is 8.00. The van der Waals surface area contributed by atoms with Gasteiger partial charge in [-0.3, -0.25) is 14.7 Å². The number of rotatable bonds is 6. The fourth-order valence-corrected chi connectivity index (χ4v) is 6.21. The molecule has 10 heteroatoms. The molecule has 0 saturated carbocycles. The highest BCUT2D eigenvalue weighted by Gasteiger charge is 2.51. The van der Waals surface area contributed by atoms with Crippen molar-refractivity contribution < 1.29 is 14.3 Å². The van der Waals surface area contributed by atoms with Crippen molar-refractivity contribution in [2.45, 2.75) is 18.0 Å². The minimum Gasteiger partial charge on any atom is -0.497 e. The summed E-state index contributed by atoms with van der Waals surface area (Å²) in [4.78, 5) is 23.2. The fourth-order valence-electron chi connectivity index (χ4n) is 3.68. The van der Waals surface area contributed by atoms with Crippen LogP contribution in [0.5, 0.6) is 5.75 Å². The largest absolute Gasteiger partial charge is 0.497 e. The van der Waals surface area contributed by atoms with Crippen LogP contribution in [0.4, 0.5) is 0 Å². The smallest absolute Gasteiger partial charge is 0.248 e. The molecular formula is C23H20N4O3S3. The third kappa shape index (κ3) is 4.15. The summed E-state index contributed by atoms with van der Waals surface area (Å²) in [6, 6.07) is 10.9. The van der Waals surface area contributed by atoms with E-state index in [1.54, 1.807) is 36.2 Å². The molecule has 168 valence electrons. The van der Waals surface area contributed by atoms with Crippen LogP contribution in [0.15, 0.2) is 59.9 Å². The Labute approximate surface area is 204 Å². The first-order valence-corrected chi connectivity index (χ1v) is 12.5. The van der Waals surface area contributed by atoms with E-state index in [4.69, 9.17) is 32.4 Å². The Hall–Kier alpha value is -2.79. The second-order valence-corrected chi connectivity index (χ2v) is 9.79. The van der Waals surface area contributed by atoms with Crippen molar-refractivity contribution in [3.63, 3.8) is 0 Å². The van der Waals surface area contributed by atoms with Crippen molar-refractivity contribution in [3.8, 4) is 17.0 Å². The molecule has 4 heterocycles. The van der Waals surface area contributed by atoms with Crippen LogP contribution in [-0.2, 0) is 16.1 Å². The maximum absolute atomic E-state index is 12.7. The molecule has 2 aliphatic rings. The molecule has 2 aromatic heterocycles. The zero-order chi connectivity index (χ0) is 22.9. The maximum atomic E-state index is 12.7. The molecule has 1 aromatic carbocycles. The number of β-lactam (4-membered cyclic amide) rings is 1. The lowest BCUT2D eigenvalue weighted by Crippen LogP contribution is -2.68. The predicted molar refractivity (Wildman–Crippen MR) is 134 cm³/mol. The molecule has 5 rings (SSSR count). The third-order valence-corrected chi connectivity index (χ3v) is 7.98. The van der Waals surface area contributed by atoms with Crippen LogP contribution in [0.2, 0.25) is 0 Å². The number of aromatic nitrogens is 2. The van der Waals surface area contributed by atoms with E-state index >= 15 is 0 Å². The minimum atomic E-state index is -0.528. The molecule has 1 amide bonds. The Morgan fingerprint density at radius 1 is 1.24 bits per heavy atom. The summed E-state index contributed by atoms with van der Waals surface area (Å²) in [6.45, 7) is 0.283. The fraction of sp³-hybridized carbons (Fsp3) is 0.217. The van der Waals surface area contributed by atoms with Gasteiger partial charge >= 0.3 is 0 Å². The average Bonchev–Trinajstić information content (AvgIpc) is 3.37. The summed E-state index contributed by atoms with van der Waals surface area (Å²) < 4.78 is 11.2. The molecule has 2 atom stereocenters. The Morgan fingerprint density at radius 3 is 2.73 bits per heavy atom. The monoisotopic (exact) mass is 496 g/mol.